The number of rotatable bonds is 2. The maximum atomic E-state index is 4.41. The van der Waals surface area contributed by atoms with Gasteiger partial charge in [0.2, 0.25) is 0 Å². The first-order chi connectivity index (χ1) is 10.3. The Hall–Kier alpha value is -3.02. The molecule has 4 aromatic rings. The normalized spacial score (nSPS) is 11.1. The Morgan fingerprint density at radius 3 is 2.90 bits per heavy atom. The van der Waals surface area contributed by atoms with Gasteiger partial charge in [-0.1, -0.05) is 24.3 Å². The minimum absolute atomic E-state index is 0.632. The van der Waals surface area contributed by atoms with E-state index in [4.69, 9.17) is 0 Å². The summed E-state index contributed by atoms with van der Waals surface area (Å²) in [6, 6.07) is 8.23. The van der Waals surface area contributed by atoms with Crippen molar-refractivity contribution in [2.75, 3.05) is 0 Å². The SMILES string of the molecule is Cc1ccccc1-c1cnn(-c2ncnc3nc[nH]c23)c1. The van der Waals surface area contributed by atoms with Crippen LogP contribution in [0.4, 0.5) is 0 Å². The predicted molar refractivity (Wildman–Crippen MR) is 79.0 cm³/mol. The molecule has 0 fully saturated rings. The summed E-state index contributed by atoms with van der Waals surface area (Å²) in [6.07, 6.45) is 6.90. The molecule has 1 aromatic carbocycles. The van der Waals surface area contributed by atoms with Crippen LogP contribution in [0.1, 0.15) is 5.56 Å². The average molecular weight is 276 g/mol. The van der Waals surface area contributed by atoms with Crippen molar-refractivity contribution in [1.82, 2.24) is 29.7 Å². The first-order valence-corrected chi connectivity index (χ1v) is 6.58. The van der Waals surface area contributed by atoms with E-state index >= 15 is 0 Å². The number of hydrogen-bond acceptors (Lipinski definition) is 4. The molecule has 21 heavy (non-hydrogen) atoms. The van der Waals surface area contributed by atoms with Crippen molar-refractivity contribution in [3.63, 3.8) is 0 Å². The van der Waals surface area contributed by atoms with Crippen LogP contribution in [0, 0.1) is 6.92 Å². The number of benzene rings is 1. The van der Waals surface area contributed by atoms with Crippen molar-refractivity contribution in [1.29, 1.82) is 0 Å². The van der Waals surface area contributed by atoms with Crippen LogP contribution in [0.5, 0.6) is 0 Å². The minimum atomic E-state index is 0.632. The summed E-state index contributed by atoms with van der Waals surface area (Å²) in [4.78, 5) is 15.6. The number of imidazole rings is 1. The van der Waals surface area contributed by atoms with Crippen LogP contribution in [-0.4, -0.2) is 29.7 Å². The zero-order valence-electron chi connectivity index (χ0n) is 11.4. The second kappa shape index (κ2) is 4.52. The number of aromatic nitrogens is 6. The van der Waals surface area contributed by atoms with Crippen LogP contribution in [-0.2, 0) is 0 Å². The molecule has 0 aliphatic carbocycles. The van der Waals surface area contributed by atoms with Gasteiger partial charge in [0.15, 0.2) is 11.5 Å². The Morgan fingerprint density at radius 2 is 2.00 bits per heavy atom. The van der Waals surface area contributed by atoms with E-state index in [1.807, 2.05) is 24.5 Å². The minimum Gasteiger partial charge on any atom is -0.340 e. The van der Waals surface area contributed by atoms with Crippen LogP contribution >= 0.6 is 0 Å². The number of aryl methyl sites for hydroxylation is 1. The lowest BCUT2D eigenvalue weighted by Gasteiger charge is -2.02. The topological polar surface area (TPSA) is 72.3 Å². The lowest BCUT2D eigenvalue weighted by Crippen LogP contribution is -1.99. The lowest BCUT2D eigenvalue weighted by atomic mass is 10.0. The highest BCUT2D eigenvalue weighted by molar-refractivity contribution is 5.77. The van der Waals surface area contributed by atoms with Gasteiger partial charge in [-0.05, 0) is 18.1 Å². The Balaban J connectivity index is 1.85. The molecule has 102 valence electrons. The highest BCUT2D eigenvalue weighted by atomic mass is 15.3. The average Bonchev–Trinajstić information content (AvgIpc) is 3.16. The van der Waals surface area contributed by atoms with E-state index in [1.165, 1.54) is 17.5 Å². The molecule has 0 atom stereocenters. The van der Waals surface area contributed by atoms with Gasteiger partial charge < -0.3 is 4.98 Å². The summed E-state index contributed by atoms with van der Waals surface area (Å²) in [5.41, 5.74) is 4.84. The molecule has 3 heterocycles. The third-order valence-corrected chi connectivity index (χ3v) is 3.46. The lowest BCUT2D eigenvalue weighted by molar-refractivity contribution is 0.848. The molecule has 0 spiro atoms. The van der Waals surface area contributed by atoms with Gasteiger partial charge >= 0.3 is 0 Å². The first kappa shape index (κ1) is 11.8. The van der Waals surface area contributed by atoms with E-state index in [1.54, 1.807) is 11.0 Å². The number of fused-ring (bicyclic) bond motifs is 1. The van der Waals surface area contributed by atoms with Crippen molar-refractivity contribution in [3.8, 4) is 16.9 Å². The standard InChI is InChI=1S/C15H12N6/c1-10-4-2-3-5-12(10)11-6-20-21(7-11)15-13-14(17-8-16-13)18-9-19-15/h2-9H,1H3,(H,16,17,18,19). The number of hydrogen-bond donors (Lipinski definition) is 1. The molecule has 0 aliphatic rings. The van der Waals surface area contributed by atoms with Crippen LogP contribution in [0.3, 0.4) is 0 Å². The van der Waals surface area contributed by atoms with E-state index in [2.05, 4.69) is 44.1 Å². The van der Waals surface area contributed by atoms with E-state index < -0.39 is 0 Å². The maximum absolute atomic E-state index is 4.41. The van der Waals surface area contributed by atoms with Gasteiger partial charge in [-0.15, -0.1) is 0 Å². The smallest absolute Gasteiger partial charge is 0.182 e. The van der Waals surface area contributed by atoms with Gasteiger partial charge in [0.05, 0.1) is 12.5 Å². The van der Waals surface area contributed by atoms with E-state index in [-0.39, 0.29) is 0 Å². The zero-order chi connectivity index (χ0) is 14.2. The monoisotopic (exact) mass is 276 g/mol. The van der Waals surface area contributed by atoms with Gasteiger partial charge in [0.25, 0.3) is 0 Å². The van der Waals surface area contributed by atoms with Crippen molar-refractivity contribution in [3.05, 3.63) is 54.9 Å². The molecule has 0 bridgehead atoms. The maximum Gasteiger partial charge on any atom is 0.182 e. The molecule has 0 unspecified atom stereocenters. The molecule has 0 radical (unpaired) electrons. The van der Waals surface area contributed by atoms with Gasteiger partial charge in [-0.2, -0.15) is 5.10 Å². The molecule has 1 N–H and O–H groups in total. The Bertz CT molecular complexity index is 920. The summed E-state index contributed by atoms with van der Waals surface area (Å²) in [5.74, 6) is 0.692. The molecule has 4 rings (SSSR count). The Labute approximate surface area is 120 Å². The molecule has 3 aromatic heterocycles. The van der Waals surface area contributed by atoms with E-state index in [0.29, 0.717) is 11.5 Å². The molecular weight excluding hydrogens is 264 g/mol. The number of nitrogens with zero attached hydrogens (tertiary/aromatic N) is 5. The highest BCUT2D eigenvalue weighted by Crippen LogP contribution is 2.24. The van der Waals surface area contributed by atoms with Crippen molar-refractivity contribution in [2.45, 2.75) is 6.92 Å². The Kier molecular flexibility index (Phi) is 2.53. The molecule has 0 aliphatic heterocycles. The fraction of sp³-hybridized carbons (Fsp3) is 0.0667. The fourth-order valence-electron chi connectivity index (χ4n) is 2.40. The second-order valence-electron chi connectivity index (χ2n) is 4.79. The Morgan fingerprint density at radius 1 is 1.10 bits per heavy atom. The number of nitrogens with one attached hydrogen (secondary N) is 1. The second-order valence-corrected chi connectivity index (χ2v) is 4.79. The van der Waals surface area contributed by atoms with Crippen LogP contribution in [0.2, 0.25) is 0 Å². The summed E-state index contributed by atoms with van der Waals surface area (Å²) in [7, 11) is 0. The molecule has 0 saturated heterocycles. The summed E-state index contributed by atoms with van der Waals surface area (Å²) >= 11 is 0. The largest absolute Gasteiger partial charge is 0.340 e. The van der Waals surface area contributed by atoms with Gasteiger partial charge in [0, 0.05) is 11.8 Å². The van der Waals surface area contributed by atoms with Crippen molar-refractivity contribution in [2.24, 2.45) is 0 Å². The van der Waals surface area contributed by atoms with Crippen molar-refractivity contribution < 1.29 is 0 Å². The third-order valence-electron chi connectivity index (χ3n) is 3.46. The third kappa shape index (κ3) is 1.88. The van der Waals surface area contributed by atoms with Gasteiger partial charge in [0.1, 0.15) is 11.8 Å². The van der Waals surface area contributed by atoms with Crippen LogP contribution in [0.15, 0.2) is 49.3 Å². The molecule has 6 nitrogen and oxygen atoms in total. The summed E-state index contributed by atoms with van der Waals surface area (Å²) in [6.45, 7) is 2.09. The summed E-state index contributed by atoms with van der Waals surface area (Å²) in [5, 5.41) is 4.41. The number of H-pyrrole nitrogens is 1. The van der Waals surface area contributed by atoms with E-state index in [0.717, 1.165) is 11.1 Å². The highest BCUT2D eigenvalue weighted by Gasteiger charge is 2.10. The summed E-state index contributed by atoms with van der Waals surface area (Å²) < 4.78 is 1.74. The van der Waals surface area contributed by atoms with Gasteiger partial charge in [-0.25, -0.2) is 19.6 Å². The van der Waals surface area contributed by atoms with E-state index in [9.17, 15) is 0 Å². The molecular formula is C15H12N6. The molecule has 0 amide bonds. The van der Waals surface area contributed by atoms with Crippen LogP contribution < -0.4 is 0 Å². The molecule has 6 heteroatoms. The van der Waals surface area contributed by atoms with Crippen molar-refractivity contribution >= 4 is 11.2 Å². The quantitative estimate of drug-likeness (QED) is 0.610. The number of aromatic amines is 1. The van der Waals surface area contributed by atoms with Gasteiger partial charge in [-0.3, -0.25) is 0 Å². The van der Waals surface area contributed by atoms with Crippen LogP contribution in [0.25, 0.3) is 28.1 Å². The molecule has 0 saturated carbocycles. The predicted octanol–water partition coefficient (Wildman–Crippen LogP) is 2.51. The fourth-order valence-corrected chi connectivity index (χ4v) is 2.40. The zero-order valence-corrected chi connectivity index (χ0v) is 11.4. The first-order valence-electron chi connectivity index (χ1n) is 6.58.